The first-order chi connectivity index (χ1) is 11.1. The Morgan fingerprint density at radius 1 is 1.08 bits per heavy atom. The molecule has 0 radical (unpaired) electrons. The topological polar surface area (TPSA) is 64.4 Å². The molecule has 1 unspecified atom stereocenters. The number of anilines is 1. The van der Waals surface area contributed by atoms with Crippen molar-refractivity contribution in [3.05, 3.63) is 54.1 Å². The van der Waals surface area contributed by atoms with E-state index in [0.29, 0.717) is 0 Å². The third kappa shape index (κ3) is 5.64. The van der Waals surface area contributed by atoms with Crippen molar-refractivity contribution in [2.24, 2.45) is 5.73 Å². The van der Waals surface area contributed by atoms with Crippen LogP contribution in [-0.4, -0.2) is 25.7 Å². The average molecular weight is 349 g/mol. The predicted molar refractivity (Wildman–Crippen MR) is 102 cm³/mol. The quantitative estimate of drug-likeness (QED) is 0.802. The summed E-state index contributed by atoms with van der Waals surface area (Å²) in [5, 5.41) is 2.79. The molecular weight excluding hydrogens is 324 g/mol. The number of carbonyl (C=O) groups excluding carboxylic acids is 1. The Bertz CT molecular complexity index is 627. The zero-order valence-electron chi connectivity index (χ0n) is 14.1. The highest BCUT2D eigenvalue weighted by atomic mass is 35.5. The Balaban J connectivity index is 0.00000288. The largest absolute Gasteiger partial charge is 0.383 e. The van der Waals surface area contributed by atoms with Crippen LogP contribution in [0.3, 0.4) is 0 Å². The van der Waals surface area contributed by atoms with Crippen LogP contribution in [0.4, 0.5) is 5.69 Å². The van der Waals surface area contributed by atoms with Crippen molar-refractivity contribution >= 4 is 24.0 Å². The zero-order chi connectivity index (χ0) is 16.7. The summed E-state index contributed by atoms with van der Waals surface area (Å²) >= 11 is 0. The minimum atomic E-state index is -0.661. The second-order valence-electron chi connectivity index (χ2n) is 5.58. The van der Waals surface area contributed by atoms with Gasteiger partial charge in [-0.3, -0.25) is 4.79 Å². The molecule has 4 nitrogen and oxygen atoms in total. The van der Waals surface area contributed by atoms with Gasteiger partial charge in [-0.2, -0.15) is 0 Å². The Hall–Kier alpha value is -1.88. The van der Waals surface area contributed by atoms with Crippen molar-refractivity contribution in [1.29, 1.82) is 0 Å². The van der Waals surface area contributed by atoms with Gasteiger partial charge in [0.05, 0.1) is 6.61 Å². The fourth-order valence-corrected chi connectivity index (χ4v) is 2.39. The smallest absolute Gasteiger partial charge is 0.243 e. The summed E-state index contributed by atoms with van der Waals surface area (Å²) < 4.78 is 4.88. The summed E-state index contributed by atoms with van der Waals surface area (Å²) in [7, 11) is 1.52. The van der Waals surface area contributed by atoms with Crippen molar-refractivity contribution in [3.8, 4) is 11.1 Å². The number of hydrogen-bond acceptors (Lipinski definition) is 3. The molecule has 2 aromatic carbocycles. The molecule has 0 aromatic heterocycles. The van der Waals surface area contributed by atoms with E-state index in [1.807, 2.05) is 24.3 Å². The summed E-state index contributed by atoms with van der Waals surface area (Å²) in [5.74, 6) is -0.247. The maximum atomic E-state index is 11.8. The normalized spacial score (nSPS) is 11.5. The molecule has 24 heavy (non-hydrogen) atoms. The second kappa shape index (κ2) is 10.1. The zero-order valence-corrected chi connectivity index (χ0v) is 14.9. The SMILES string of the molecule is CCCc1ccc(-c2ccc(NC(=O)C(N)COC)cc2)cc1.Cl. The Morgan fingerprint density at radius 2 is 1.62 bits per heavy atom. The Morgan fingerprint density at radius 3 is 2.12 bits per heavy atom. The van der Waals surface area contributed by atoms with Crippen molar-refractivity contribution in [2.75, 3.05) is 19.0 Å². The molecular formula is C19H25ClN2O2. The molecule has 2 rings (SSSR count). The first-order valence-corrected chi connectivity index (χ1v) is 7.88. The fourth-order valence-electron chi connectivity index (χ4n) is 2.39. The highest BCUT2D eigenvalue weighted by molar-refractivity contribution is 5.95. The molecule has 130 valence electrons. The lowest BCUT2D eigenvalue weighted by Gasteiger charge is -2.11. The number of amides is 1. The number of nitrogens with two attached hydrogens (primary N) is 1. The maximum Gasteiger partial charge on any atom is 0.243 e. The number of halogens is 1. The summed E-state index contributed by atoms with van der Waals surface area (Å²) in [6.07, 6.45) is 2.26. The van der Waals surface area contributed by atoms with E-state index in [9.17, 15) is 4.79 Å². The van der Waals surface area contributed by atoms with Gasteiger partial charge in [0.25, 0.3) is 0 Å². The van der Waals surface area contributed by atoms with E-state index in [1.165, 1.54) is 18.2 Å². The standard InChI is InChI=1S/C19H24N2O2.ClH/c1-3-4-14-5-7-15(8-6-14)16-9-11-17(12-10-16)21-19(22)18(20)13-23-2;/h5-12,18H,3-4,13,20H2,1-2H3,(H,21,22);1H. The van der Waals surface area contributed by atoms with Gasteiger partial charge in [0.2, 0.25) is 5.91 Å². The molecule has 1 amide bonds. The first-order valence-electron chi connectivity index (χ1n) is 7.88. The maximum absolute atomic E-state index is 11.8. The summed E-state index contributed by atoms with van der Waals surface area (Å²) in [4.78, 5) is 11.8. The van der Waals surface area contributed by atoms with Gasteiger partial charge in [0.15, 0.2) is 0 Å². The lowest BCUT2D eigenvalue weighted by molar-refractivity contribution is -0.118. The van der Waals surface area contributed by atoms with Crippen LogP contribution in [0.25, 0.3) is 11.1 Å². The molecule has 0 aliphatic rings. The second-order valence-corrected chi connectivity index (χ2v) is 5.58. The van der Waals surface area contributed by atoms with Gasteiger partial charge in [0.1, 0.15) is 6.04 Å². The number of hydrogen-bond donors (Lipinski definition) is 2. The first kappa shape index (κ1) is 20.2. The highest BCUT2D eigenvalue weighted by Gasteiger charge is 2.12. The third-order valence-electron chi connectivity index (χ3n) is 3.66. The van der Waals surface area contributed by atoms with Crippen LogP contribution in [0.1, 0.15) is 18.9 Å². The minimum Gasteiger partial charge on any atom is -0.383 e. The highest BCUT2D eigenvalue weighted by Crippen LogP contribution is 2.22. The van der Waals surface area contributed by atoms with Gasteiger partial charge in [0, 0.05) is 12.8 Å². The van der Waals surface area contributed by atoms with Crippen molar-refractivity contribution in [2.45, 2.75) is 25.8 Å². The van der Waals surface area contributed by atoms with E-state index in [1.54, 1.807) is 0 Å². The molecule has 0 aliphatic carbocycles. The van der Waals surface area contributed by atoms with Crippen LogP contribution in [0.15, 0.2) is 48.5 Å². The molecule has 0 bridgehead atoms. The van der Waals surface area contributed by atoms with Crippen LogP contribution >= 0.6 is 12.4 Å². The van der Waals surface area contributed by atoms with E-state index in [0.717, 1.165) is 24.1 Å². The molecule has 0 spiro atoms. The third-order valence-corrected chi connectivity index (χ3v) is 3.66. The number of rotatable bonds is 7. The van der Waals surface area contributed by atoms with Crippen molar-refractivity contribution < 1.29 is 9.53 Å². The number of benzene rings is 2. The van der Waals surface area contributed by atoms with Gasteiger partial charge in [-0.05, 0) is 35.2 Å². The van der Waals surface area contributed by atoms with E-state index < -0.39 is 6.04 Å². The van der Waals surface area contributed by atoms with Crippen LogP contribution in [0.5, 0.6) is 0 Å². The minimum absolute atomic E-state index is 0. The molecule has 0 fully saturated rings. The van der Waals surface area contributed by atoms with Gasteiger partial charge < -0.3 is 15.8 Å². The lowest BCUT2D eigenvalue weighted by Crippen LogP contribution is -2.39. The molecule has 5 heteroatoms. The van der Waals surface area contributed by atoms with Crippen LogP contribution < -0.4 is 11.1 Å². The van der Waals surface area contributed by atoms with Crippen LogP contribution in [0, 0.1) is 0 Å². The Kier molecular flexibility index (Phi) is 8.47. The number of nitrogens with one attached hydrogen (secondary N) is 1. The van der Waals surface area contributed by atoms with Crippen molar-refractivity contribution in [1.82, 2.24) is 0 Å². The van der Waals surface area contributed by atoms with Gasteiger partial charge in [-0.25, -0.2) is 0 Å². The number of aryl methyl sites for hydroxylation is 1. The number of ether oxygens (including phenoxy) is 1. The van der Waals surface area contributed by atoms with Crippen molar-refractivity contribution in [3.63, 3.8) is 0 Å². The Labute approximate surface area is 149 Å². The van der Waals surface area contributed by atoms with Crippen LogP contribution in [-0.2, 0) is 16.0 Å². The summed E-state index contributed by atoms with van der Waals surface area (Å²) in [6, 6.07) is 15.7. The van der Waals surface area contributed by atoms with E-state index >= 15 is 0 Å². The molecule has 2 aromatic rings. The molecule has 0 saturated carbocycles. The van der Waals surface area contributed by atoms with E-state index in [2.05, 4.69) is 36.5 Å². The number of carbonyl (C=O) groups is 1. The molecule has 1 atom stereocenters. The van der Waals surface area contributed by atoms with Gasteiger partial charge in [-0.15, -0.1) is 12.4 Å². The van der Waals surface area contributed by atoms with Gasteiger partial charge >= 0.3 is 0 Å². The molecule has 0 heterocycles. The molecule has 0 saturated heterocycles. The average Bonchev–Trinajstić information content (AvgIpc) is 2.57. The predicted octanol–water partition coefficient (Wildman–Crippen LogP) is 3.64. The van der Waals surface area contributed by atoms with E-state index in [4.69, 9.17) is 10.5 Å². The van der Waals surface area contributed by atoms with Gasteiger partial charge in [-0.1, -0.05) is 49.7 Å². The number of methoxy groups -OCH3 is 1. The monoisotopic (exact) mass is 348 g/mol. The van der Waals surface area contributed by atoms with E-state index in [-0.39, 0.29) is 24.9 Å². The van der Waals surface area contributed by atoms with Crippen LogP contribution in [0.2, 0.25) is 0 Å². The lowest BCUT2D eigenvalue weighted by atomic mass is 10.0. The fraction of sp³-hybridized carbons (Fsp3) is 0.316. The molecule has 0 aliphatic heterocycles. The molecule has 3 N–H and O–H groups in total. The summed E-state index contributed by atoms with van der Waals surface area (Å²) in [5.41, 5.74) is 10.1. The summed E-state index contributed by atoms with van der Waals surface area (Å²) in [6.45, 7) is 2.38.